The second-order valence-electron chi connectivity index (χ2n) is 4.39. The Morgan fingerprint density at radius 2 is 2.00 bits per heavy atom. The minimum atomic E-state index is -0.834. The SMILES string of the molecule is CC(C)N(CCCO)C(=O)C(C)(C)N. The molecule has 0 rings (SSSR count). The summed E-state index contributed by atoms with van der Waals surface area (Å²) in [6.45, 7) is 7.95. The molecule has 0 spiro atoms. The van der Waals surface area contributed by atoms with Crippen LogP contribution in [-0.2, 0) is 4.79 Å². The zero-order valence-electron chi connectivity index (χ0n) is 9.58. The van der Waals surface area contributed by atoms with E-state index in [0.29, 0.717) is 13.0 Å². The summed E-state index contributed by atoms with van der Waals surface area (Å²) in [5, 5.41) is 8.71. The molecule has 84 valence electrons. The van der Waals surface area contributed by atoms with Crippen LogP contribution < -0.4 is 5.73 Å². The predicted molar refractivity (Wildman–Crippen MR) is 56.8 cm³/mol. The molecule has 0 unspecified atom stereocenters. The van der Waals surface area contributed by atoms with Crippen molar-refractivity contribution in [3.63, 3.8) is 0 Å². The van der Waals surface area contributed by atoms with Crippen LogP contribution in [0, 0.1) is 0 Å². The van der Waals surface area contributed by atoms with E-state index in [1.807, 2.05) is 13.8 Å². The van der Waals surface area contributed by atoms with E-state index in [9.17, 15) is 4.79 Å². The molecule has 0 bridgehead atoms. The molecule has 0 radical (unpaired) electrons. The Morgan fingerprint density at radius 3 is 2.29 bits per heavy atom. The molecule has 0 aromatic rings. The Kier molecular flexibility index (Phi) is 5.08. The van der Waals surface area contributed by atoms with Gasteiger partial charge in [0.25, 0.3) is 0 Å². The summed E-state index contributed by atoms with van der Waals surface area (Å²) in [6, 6.07) is 0.122. The van der Waals surface area contributed by atoms with E-state index < -0.39 is 5.54 Å². The Bertz CT molecular complexity index is 185. The van der Waals surface area contributed by atoms with Crippen molar-refractivity contribution in [2.24, 2.45) is 5.73 Å². The van der Waals surface area contributed by atoms with Gasteiger partial charge in [0.15, 0.2) is 0 Å². The lowest BCUT2D eigenvalue weighted by atomic mass is 10.0. The average Bonchev–Trinajstić information content (AvgIpc) is 2.02. The first-order valence-electron chi connectivity index (χ1n) is 5.01. The Hall–Kier alpha value is -0.610. The Balaban J connectivity index is 4.42. The van der Waals surface area contributed by atoms with Crippen LogP contribution in [0.25, 0.3) is 0 Å². The van der Waals surface area contributed by atoms with Gasteiger partial charge in [-0.05, 0) is 34.1 Å². The number of aliphatic hydroxyl groups excluding tert-OH is 1. The monoisotopic (exact) mass is 202 g/mol. The first kappa shape index (κ1) is 13.4. The first-order chi connectivity index (χ1) is 6.30. The van der Waals surface area contributed by atoms with Gasteiger partial charge >= 0.3 is 0 Å². The van der Waals surface area contributed by atoms with E-state index in [1.54, 1.807) is 18.7 Å². The van der Waals surface area contributed by atoms with Gasteiger partial charge in [-0.2, -0.15) is 0 Å². The number of nitrogens with zero attached hydrogens (tertiary/aromatic N) is 1. The summed E-state index contributed by atoms with van der Waals surface area (Å²) in [4.78, 5) is 13.5. The molecule has 14 heavy (non-hydrogen) atoms. The van der Waals surface area contributed by atoms with Crippen LogP contribution in [0.1, 0.15) is 34.1 Å². The molecule has 0 saturated carbocycles. The molecular weight excluding hydrogens is 180 g/mol. The van der Waals surface area contributed by atoms with Gasteiger partial charge < -0.3 is 15.7 Å². The lowest BCUT2D eigenvalue weighted by molar-refractivity contribution is -0.137. The van der Waals surface area contributed by atoms with Crippen LogP contribution in [0.5, 0.6) is 0 Å². The summed E-state index contributed by atoms with van der Waals surface area (Å²) in [6.07, 6.45) is 0.597. The smallest absolute Gasteiger partial charge is 0.242 e. The fourth-order valence-corrected chi connectivity index (χ4v) is 1.21. The fraction of sp³-hybridized carbons (Fsp3) is 0.900. The van der Waals surface area contributed by atoms with E-state index in [4.69, 9.17) is 10.8 Å². The van der Waals surface area contributed by atoms with Gasteiger partial charge in [0, 0.05) is 19.2 Å². The Morgan fingerprint density at radius 1 is 1.50 bits per heavy atom. The van der Waals surface area contributed by atoms with Crippen molar-refractivity contribution >= 4 is 5.91 Å². The predicted octanol–water partition coefficient (Wildman–Crippen LogP) is 0.343. The molecule has 0 fully saturated rings. The van der Waals surface area contributed by atoms with Crippen molar-refractivity contribution in [2.45, 2.75) is 45.7 Å². The molecule has 4 heteroatoms. The first-order valence-corrected chi connectivity index (χ1v) is 5.01. The lowest BCUT2D eigenvalue weighted by Gasteiger charge is -2.32. The summed E-state index contributed by atoms with van der Waals surface area (Å²) in [5.41, 5.74) is 4.90. The molecule has 0 atom stereocenters. The van der Waals surface area contributed by atoms with Crippen LogP contribution in [0.4, 0.5) is 0 Å². The highest BCUT2D eigenvalue weighted by Gasteiger charge is 2.28. The largest absolute Gasteiger partial charge is 0.396 e. The average molecular weight is 202 g/mol. The van der Waals surface area contributed by atoms with Gasteiger partial charge in [-0.15, -0.1) is 0 Å². The highest BCUT2D eigenvalue weighted by Crippen LogP contribution is 2.08. The number of aliphatic hydroxyl groups is 1. The number of nitrogens with two attached hydrogens (primary N) is 1. The molecular formula is C10H22N2O2. The van der Waals surface area contributed by atoms with Crippen molar-refractivity contribution in [3.05, 3.63) is 0 Å². The minimum Gasteiger partial charge on any atom is -0.396 e. The van der Waals surface area contributed by atoms with E-state index in [2.05, 4.69) is 0 Å². The van der Waals surface area contributed by atoms with E-state index >= 15 is 0 Å². The van der Waals surface area contributed by atoms with Crippen LogP contribution in [0.3, 0.4) is 0 Å². The van der Waals surface area contributed by atoms with Gasteiger partial charge in [0.2, 0.25) is 5.91 Å². The summed E-state index contributed by atoms with van der Waals surface area (Å²) in [5.74, 6) is -0.0686. The fourth-order valence-electron chi connectivity index (χ4n) is 1.21. The number of hydrogen-bond acceptors (Lipinski definition) is 3. The number of rotatable bonds is 5. The lowest BCUT2D eigenvalue weighted by Crippen LogP contribution is -2.53. The quantitative estimate of drug-likeness (QED) is 0.675. The second kappa shape index (κ2) is 5.32. The summed E-state index contributed by atoms with van der Waals surface area (Å²) in [7, 11) is 0. The zero-order chi connectivity index (χ0) is 11.4. The van der Waals surface area contributed by atoms with Crippen LogP contribution in [-0.4, -0.2) is 40.6 Å². The number of amides is 1. The number of carbonyl (C=O) groups excluding carboxylic acids is 1. The highest BCUT2D eigenvalue weighted by molar-refractivity contribution is 5.85. The van der Waals surface area contributed by atoms with Crippen LogP contribution in [0.2, 0.25) is 0 Å². The van der Waals surface area contributed by atoms with Gasteiger partial charge in [-0.3, -0.25) is 4.79 Å². The minimum absolute atomic E-state index is 0.0686. The van der Waals surface area contributed by atoms with E-state index in [0.717, 1.165) is 0 Å². The third-order valence-electron chi connectivity index (χ3n) is 1.99. The van der Waals surface area contributed by atoms with Crippen molar-refractivity contribution in [3.8, 4) is 0 Å². The highest BCUT2D eigenvalue weighted by atomic mass is 16.3. The van der Waals surface area contributed by atoms with Crippen molar-refractivity contribution < 1.29 is 9.90 Å². The molecule has 3 N–H and O–H groups in total. The molecule has 0 aliphatic heterocycles. The normalized spacial score (nSPS) is 11.9. The topological polar surface area (TPSA) is 66.6 Å². The molecule has 0 saturated heterocycles. The van der Waals surface area contributed by atoms with Crippen molar-refractivity contribution in [2.75, 3.05) is 13.2 Å². The zero-order valence-corrected chi connectivity index (χ0v) is 9.58. The summed E-state index contributed by atoms with van der Waals surface area (Å²) >= 11 is 0. The molecule has 0 aromatic carbocycles. The van der Waals surface area contributed by atoms with Gasteiger partial charge in [0.1, 0.15) is 0 Å². The third kappa shape index (κ3) is 4.07. The van der Waals surface area contributed by atoms with Gasteiger partial charge in [0.05, 0.1) is 5.54 Å². The second-order valence-corrected chi connectivity index (χ2v) is 4.39. The molecule has 0 heterocycles. The maximum absolute atomic E-state index is 11.8. The standard InChI is InChI=1S/C10H22N2O2/c1-8(2)12(6-5-7-13)9(14)10(3,4)11/h8,13H,5-7,11H2,1-4H3. The molecule has 0 aliphatic carbocycles. The van der Waals surface area contributed by atoms with Crippen molar-refractivity contribution in [1.82, 2.24) is 4.90 Å². The maximum Gasteiger partial charge on any atom is 0.242 e. The van der Waals surface area contributed by atoms with Crippen molar-refractivity contribution in [1.29, 1.82) is 0 Å². The Labute approximate surface area is 86.1 Å². The molecule has 0 aliphatic rings. The van der Waals surface area contributed by atoms with Crippen LogP contribution >= 0.6 is 0 Å². The molecule has 4 nitrogen and oxygen atoms in total. The number of hydrogen-bond donors (Lipinski definition) is 2. The summed E-state index contributed by atoms with van der Waals surface area (Å²) < 4.78 is 0. The molecule has 1 amide bonds. The van der Waals surface area contributed by atoms with Crippen LogP contribution in [0.15, 0.2) is 0 Å². The maximum atomic E-state index is 11.8. The van der Waals surface area contributed by atoms with E-state index in [1.165, 1.54) is 0 Å². The molecule has 0 aromatic heterocycles. The van der Waals surface area contributed by atoms with Gasteiger partial charge in [-0.1, -0.05) is 0 Å². The third-order valence-corrected chi connectivity index (χ3v) is 1.99. The van der Waals surface area contributed by atoms with E-state index in [-0.39, 0.29) is 18.6 Å². The van der Waals surface area contributed by atoms with Gasteiger partial charge in [-0.25, -0.2) is 0 Å². The number of carbonyl (C=O) groups is 1.